The van der Waals surface area contributed by atoms with Gasteiger partial charge < -0.3 is 14.9 Å². The van der Waals surface area contributed by atoms with Crippen LogP contribution in [0.15, 0.2) is 0 Å². The standard InChI is InChI=1S/C11H22N2O3/c1-6-7-13(8-9(14)12(4)5)10(15)11(2,3)16/h16H,6-8H2,1-5H3. The molecule has 94 valence electrons. The highest BCUT2D eigenvalue weighted by Crippen LogP contribution is 2.08. The molecule has 0 spiro atoms. The lowest BCUT2D eigenvalue weighted by Gasteiger charge is -2.28. The van der Waals surface area contributed by atoms with Crippen molar-refractivity contribution < 1.29 is 14.7 Å². The highest BCUT2D eigenvalue weighted by atomic mass is 16.3. The van der Waals surface area contributed by atoms with Crippen LogP contribution >= 0.6 is 0 Å². The Bertz CT molecular complexity index is 256. The zero-order chi connectivity index (χ0) is 12.9. The van der Waals surface area contributed by atoms with Crippen LogP contribution in [0.1, 0.15) is 27.2 Å². The highest BCUT2D eigenvalue weighted by Gasteiger charge is 2.30. The smallest absolute Gasteiger partial charge is 0.254 e. The van der Waals surface area contributed by atoms with Crippen LogP contribution < -0.4 is 0 Å². The number of hydrogen-bond acceptors (Lipinski definition) is 3. The van der Waals surface area contributed by atoms with Crippen LogP contribution in [0.4, 0.5) is 0 Å². The lowest BCUT2D eigenvalue weighted by atomic mass is 10.1. The number of amides is 2. The molecule has 0 saturated carbocycles. The number of carbonyl (C=O) groups is 2. The van der Waals surface area contributed by atoms with E-state index in [4.69, 9.17) is 0 Å². The molecule has 0 unspecified atom stereocenters. The number of nitrogens with zero attached hydrogens (tertiary/aromatic N) is 2. The number of carbonyl (C=O) groups excluding carboxylic acids is 2. The van der Waals surface area contributed by atoms with Crippen molar-refractivity contribution in [3.8, 4) is 0 Å². The van der Waals surface area contributed by atoms with E-state index in [9.17, 15) is 14.7 Å². The minimum absolute atomic E-state index is 0.0175. The normalized spacial score (nSPS) is 11.1. The number of aliphatic hydroxyl groups is 1. The molecule has 16 heavy (non-hydrogen) atoms. The molecular weight excluding hydrogens is 208 g/mol. The van der Waals surface area contributed by atoms with Crippen molar-refractivity contribution in [1.29, 1.82) is 0 Å². The molecule has 0 atom stereocenters. The van der Waals surface area contributed by atoms with E-state index in [0.717, 1.165) is 6.42 Å². The van der Waals surface area contributed by atoms with Crippen LogP contribution in [0, 0.1) is 0 Å². The van der Waals surface area contributed by atoms with Gasteiger partial charge in [-0.2, -0.15) is 0 Å². The summed E-state index contributed by atoms with van der Waals surface area (Å²) >= 11 is 0. The molecule has 0 aromatic rings. The Balaban J connectivity index is 4.62. The second-order valence-electron chi connectivity index (χ2n) is 4.57. The molecule has 0 bridgehead atoms. The zero-order valence-electron chi connectivity index (χ0n) is 10.8. The summed E-state index contributed by atoms with van der Waals surface area (Å²) in [5, 5.41) is 9.62. The third-order valence-electron chi connectivity index (χ3n) is 2.13. The van der Waals surface area contributed by atoms with Gasteiger partial charge in [0.15, 0.2) is 0 Å². The molecule has 1 N–H and O–H groups in total. The van der Waals surface area contributed by atoms with Gasteiger partial charge in [0.2, 0.25) is 5.91 Å². The predicted octanol–water partition coefficient (Wildman–Crippen LogP) is 0.0841. The van der Waals surface area contributed by atoms with Gasteiger partial charge in [-0.15, -0.1) is 0 Å². The minimum atomic E-state index is -1.43. The monoisotopic (exact) mass is 230 g/mol. The molecule has 0 aliphatic heterocycles. The SMILES string of the molecule is CCCN(CC(=O)N(C)C)C(=O)C(C)(C)O. The molecule has 0 heterocycles. The summed E-state index contributed by atoms with van der Waals surface area (Å²) in [4.78, 5) is 26.1. The van der Waals surface area contributed by atoms with Gasteiger partial charge in [-0.1, -0.05) is 6.92 Å². The Morgan fingerprint density at radius 2 is 1.75 bits per heavy atom. The summed E-state index contributed by atoms with van der Waals surface area (Å²) < 4.78 is 0. The average Bonchev–Trinajstić information content (AvgIpc) is 2.14. The average molecular weight is 230 g/mol. The van der Waals surface area contributed by atoms with Gasteiger partial charge in [0.1, 0.15) is 5.60 Å². The Labute approximate surface area is 97.0 Å². The van der Waals surface area contributed by atoms with Gasteiger partial charge in [-0.05, 0) is 20.3 Å². The number of likely N-dealkylation sites (N-methyl/N-ethyl adjacent to an activating group) is 1. The second-order valence-corrected chi connectivity index (χ2v) is 4.57. The van der Waals surface area contributed by atoms with Crippen molar-refractivity contribution in [3.05, 3.63) is 0 Å². The fourth-order valence-electron chi connectivity index (χ4n) is 1.21. The van der Waals surface area contributed by atoms with E-state index in [-0.39, 0.29) is 12.5 Å². The summed E-state index contributed by atoms with van der Waals surface area (Å²) in [5.74, 6) is -0.560. The lowest BCUT2D eigenvalue weighted by Crippen LogP contribution is -2.49. The molecule has 5 nitrogen and oxygen atoms in total. The molecule has 0 aliphatic carbocycles. The van der Waals surface area contributed by atoms with Crippen LogP contribution in [0.5, 0.6) is 0 Å². The zero-order valence-corrected chi connectivity index (χ0v) is 10.8. The predicted molar refractivity (Wildman–Crippen MR) is 61.9 cm³/mol. The van der Waals surface area contributed by atoms with Crippen LogP contribution in [-0.2, 0) is 9.59 Å². The van der Waals surface area contributed by atoms with E-state index < -0.39 is 11.5 Å². The van der Waals surface area contributed by atoms with Crippen molar-refractivity contribution in [2.75, 3.05) is 27.2 Å². The molecule has 2 amide bonds. The molecule has 0 aromatic heterocycles. The summed E-state index contributed by atoms with van der Waals surface area (Å²) in [6, 6.07) is 0. The fraction of sp³-hybridized carbons (Fsp3) is 0.818. The number of hydrogen-bond donors (Lipinski definition) is 1. The van der Waals surface area contributed by atoms with Crippen LogP contribution in [0.3, 0.4) is 0 Å². The van der Waals surface area contributed by atoms with Crippen molar-refractivity contribution >= 4 is 11.8 Å². The van der Waals surface area contributed by atoms with Gasteiger partial charge in [0, 0.05) is 20.6 Å². The third kappa shape index (κ3) is 4.61. The first-order valence-corrected chi connectivity index (χ1v) is 5.42. The van der Waals surface area contributed by atoms with E-state index >= 15 is 0 Å². The van der Waals surface area contributed by atoms with Gasteiger partial charge in [0.25, 0.3) is 5.91 Å². The maximum Gasteiger partial charge on any atom is 0.254 e. The van der Waals surface area contributed by atoms with Crippen LogP contribution in [-0.4, -0.2) is 59.5 Å². The molecule has 0 aliphatic rings. The van der Waals surface area contributed by atoms with Crippen molar-refractivity contribution in [2.45, 2.75) is 32.8 Å². The maximum absolute atomic E-state index is 11.8. The molecule has 0 saturated heterocycles. The first kappa shape index (κ1) is 14.9. The van der Waals surface area contributed by atoms with Crippen molar-refractivity contribution in [3.63, 3.8) is 0 Å². The largest absolute Gasteiger partial charge is 0.381 e. The van der Waals surface area contributed by atoms with E-state index in [1.165, 1.54) is 23.6 Å². The molecule has 0 rings (SSSR count). The second kappa shape index (κ2) is 5.84. The van der Waals surface area contributed by atoms with Crippen molar-refractivity contribution in [2.24, 2.45) is 0 Å². The molecule has 0 radical (unpaired) electrons. The van der Waals surface area contributed by atoms with Crippen LogP contribution in [0.25, 0.3) is 0 Å². The minimum Gasteiger partial charge on any atom is -0.381 e. The van der Waals surface area contributed by atoms with Gasteiger partial charge in [-0.3, -0.25) is 9.59 Å². The molecule has 5 heteroatoms. The molecule has 0 fully saturated rings. The Hall–Kier alpha value is -1.10. The lowest BCUT2D eigenvalue weighted by molar-refractivity contribution is -0.151. The van der Waals surface area contributed by atoms with Crippen molar-refractivity contribution in [1.82, 2.24) is 9.80 Å². The molecule has 0 aromatic carbocycles. The Morgan fingerprint density at radius 1 is 1.25 bits per heavy atom. The quantitative estimate of drug-likeness (QED) is 0.728. The van der Waals surface area contributed by atoms with E-state index in [2.05, 4.69) is 0 Å². The highest BCUT2D eigenvalue weighted by molar-refractivity contribution is 5.88. The fourth-order valence-corrected chi connectivity index (χ4v) is 1.21. The first-order chi connectivity index (χ1) is 7.20. The Morgan fingerprint density at radius 3 is 2.06 bits per heavy atom. The first-order valence-electron chi connectivity index (χ1n) is 5.42. The van der Waals surface area contributed by atoms with E-state index in [1.807, 2.05) is 6.92 Å². The maximum atomic E-state index is 11.8. The summed E-state index contributed by atoms with van der Waals surface area (Å²) in [6.07, 6.45) is 0.753. The number of rotatable bonds is 5. The summed E-state index contributed by atoms with van der Waals surface area (Å²) in [5.41, 5.74) is -1.43. The summed E-state index contributed by atoms with van der Waals surface area (Å²) in [6.45, 7) is 5.27. The van der Waals surface area contributed by atoms with E-state index in [1.54, 1.807) is 14.1 Å². The van der Waals surface area contributed by atoms with Crippen LogP contribution in [0.2, 0.25) is 0 Å². The van der Waals surface area contributed by atoms with Gasteiger partial charge in [-0.25, -0.2) is 0 Å². The Kier molecular flexibility index (Phi) is 5.44. The van der Waals surface area contributed by atoms with Gasteiger partial charge in [0.05, 0.1) is 6.54 Å². The van der Waals surface area contributed by atoms with Gasteiger partial charge >= 0.3 is 0 Å². The molecular formula is C11H22N2O3. The van der Waals surface area contributed by atoms with E-state index in [0.29, 0.717) is 6.54 Å². The summed E-state index contributed by atoms with van der Waals surface area (Å²) in [7, 11) is 3.28. The third-order valence-corrected chi connectivity index (χ3v) is 2.13. The topological polar surface area (TPSA) is 60.9 Å².